The smallest absolute Gasteiger partial charge is 0 e. The Bertz CT molecular complexity index is 148. The van der Waals surface area contributed by atoms with Crippen molar-refractivity contribution < 1.29 is 37.2 Å². The monoisotopic (exact) mass is 199 g/mol. The second-order valence-corrected chi connectivity index (χ2v) is 2.01. The van der Waals surface area contributed by atoms with E-state index in [1.165, 1.54) is 0 Å². The Morgan fingerprint density at radius 2 is 2.33 bits per heavy atom. The fraction of sp³-hybridized carbons (Fsp3) is 0.500. The predicted molar refractivity (Wildman–Crippen MR) is 29.4 cm³/mol. The Balaban J connectivity index is 0.000000640. The quantitative estimate of drug-likeness (QED) is 0.642. The van der Waals surface area contributed by atoms with Gasteiger partial charge in [-0.05, 0) is 5.76 Å². The van der Waals surface area contributed by atoms with Crippen LogP contribution in [0.15, 0.2) is 10.6 Å². The SMILES string of the molecule is CC(C)c1c[c-]no1.[Y]. The minimum atomic E-state index is 0. The van der Waals surface area contributed by atoms with E-state index in [2.05, 4.69) is 11.4 Å². The molecule has 1 aromatic rings. The standard InChI is InChI=1S/C6H8NO.Y/c1-5(2)6-3-4-7-8-6;/h3,5H,1-2H3;/q-1;. The van der Waals surface area contributed by atoms with Crippen LogP contribution in [0, 0.1) is 6.20 Å². The molecular formula is C6H8NOY-. The molecule has 0 N–H and O–H groups in total. The maximum atomic E-state index is 4.79. The van der Waals surface area contributed by atoms with Crippen molar-refractivity contribution in [3.05, 3.63) is 18.0 Å². The molecule has 0 bridgehead atoms. The molecule has 0 saturated heterocycles. The van der Waals surface area contributed by atoms with Gasteiger partial charge in [-0.3, -0.25) is 0 Å². The maximum absolute atomic E-state index is 4.79. The maximum Gasteiger partial charge on any atom is 0 e. The molecule has 9 heavy (non-hydrogen) atoms. The Morgan fingerprint density at radius 3 is 2.56 bits per heavy atom. The van der Waals surface area contributed by atoms with E-state index >= 15 is 0 Å². The minimum Gasteiger partial charge on any atom is -0.470 e. The van der Waals surface area contributed by atoms with Gasteiger partial charge >= 0.3 is 0 Å². The molecule has 0 unspecified atom stereocenters. The number of rotatable bonds is 1. The van der Waals surface area contributed by atoms with E-state index in [0.29, 0.717) is 5.92 Å². The van der Waals surface area contributed by atoms with E-state index in [0.717, 1.165) is 5.76 Å². The van der Waals surface area contributed by atoms with E-state index < -0.39 is 0 Å². The molecule has 0 atom stereocenters. The summed E-state index contributed by atoms with van der Waals surface area (Å²) in [5.74, 6) is 1.32. The largest absolute Gasteiger partial charge is 0.470 e. The second-order valence-electron chi connectivity index (χ2n) is 2.01. The van der Waals surface area contributed by atoms with Crippen LogP contribution in [-0.2, 0) is 32.7 Å². The van der Waals surface area contributed by atoms with Crippen LogP contribution in [0.3, 0.4) is 0 Å². The first-order valence-electron chi connectivity index (χ1n) is 2.63. The van der Waals surface area contributed by atoms with Crippen LogP contribution in [0.4, 0.5) is 0 Å². The van der Waals surface area contributed by atoms with Crippen molar-refractivity contribution in [1.29, 1.82) is 0 Å². The third kappa shape index (κ3) is 2.59. The molecule has 3 heteroatoms. The molecule has 0 aliphatic carbocycles. The summed E-state index contributed by atoms with van der Waals surface area (Å²) >= 11 is 0. The zero-order chi connectivity index (χ0) is 5.98. The van der Waals surface area contributed by atoms with Crippen LogP contribution in [0.25, 0.3) is 0 Å². The van der Waals surface area contributed by atoms with Gasteiger partial charge in [-0.15, -0.1) is 6.20 Å². The van der Waals surface area contributed by atoms with Crippen molar-refractivity contribution in [1.82, 2.24) is 5.16 Å². The Labute approximate surface area is 79.9 Å². The molecule has 0 aliphatic rings. The summed E-state index contributed by atoms with van der Waals surface area (Å²) in [5.41, 5.74) is 0. The molecule has 1 radical (unpaired) electrons. The molecule has 0 aromatic carbocycles. The average Bonchev–Trinajstić information content (AvgIpc) is 2.12. The van der Waals surface area contributed by atoms with Crippen LogP contribution in [0.1, 0.15) is 25.5 Å². The molecule has 1 rings (SSSR count). The van der Waals surface area contributed by atoms with Gasteiger partial charge in [-0.25, -0.2) is 5.16 Å². The number of hydrogen-bond donors (Lipinski definition) is 0. The summed E-state index contributed by atoms with van der Waals surface area (Å²) in [6, 6.07) is 1.75. The van der Waals surface area contributed by atoms with Crippen molar-refractivity contribution >= 4 is 0 Å². The van der Waals surface area contributed by atoms with Gasteiger partial charge in [0.05, 0.1) is 0 Å². The molecule has 0 aliphatic heterocycles. The Kier molecular flexibility index (Phi) is 4.33. The van der Waals surface area contributed by atoms with E-state index in [4.69, 9.17) is 4.52 Å². The summed E-state index contributed by atoms with van der Waals surface area (Å²) in [6.07, 6.45) is 2.59. The van der Waals surface area contributed by atoms with Crippen molar-refractivity contribution in [3.63, 3.8) is 0 Å². The zero-order valence-corrected chi connectivity index (χ0v) is 8.43. The normalized spacial score (nSPS) is 9.22. The predicted octanol–water partition coefficient (Wildman–Crippen LogP) is 1.60. The fourth-order valence-corrected chi connectivity index (χ4v) is 0.467. The van der Waals surface area contributed by atoms with E-state index in [9.17, 15) is 0 Å². The van der Waals surface area contributed by atoms with E-state index in [1.807, 2.05) is 13.8 Å². The number of hydrogen-bond acceptors (Lipinski definition) is 2. The zero-order valence-electron chi connectivity index (χ0n) is 5.59. The topological polar surface area (TPSA) is 26.0 Å². The average molecular weight is 199 g/mol. The first-order valence-corrected chi connectivity index (χ1v) is 2.63. The summed E-state index contributed by atoms with van der Waals surface area (Å²) in [5, 5.41) is 3.44. The minimum absolute atomic E-state index is 0. The summed E-state index contributed by atoms with van der Waals surface area (Å²) in [7, 11) is 0. The van der Waals surface area contributed by atoms with Crippen molar-refractivity contribution in [2.45, 2.75) is 19.8 Å². The number of aromatic nitrogens is 1. The van der Waals surface area contributed by atoms with E-state index in [1.54, 1.807) is 6.07 Å². The van der Waals surface area contributed by atoms with Gasteiger partial charge in [-0.2, -0.15) is 6.07 Å². The van der Waals surface area contributed by atoms with Crippen LogP contribution >= 0.6 is 0 Å². The fourth-order valence-electron chi connectivity index (χ4n) is 0.467. The third-order valence-corrected chi connectivity index (χ3v) is 0.980. The molecule has 0 amide bonds. The van der Waals surface area contributed by atoms with Gasteiger partial charge in [0.25, 0.3) is 0 Å². The molecule has 0 saturated carbocycles. The first kappa shape index (κ1) is 9.31. The molecule has 2 nitrogen and oxygen atoms in total. The molecular weight excluding hydrogens is 191 g/mol. The molecule has 47 valence electrons. The molecule has 0 spiro atoms. The Morgan fingerprint density at radius 1 is 1.67 bits per heavy atom. The van der Waals surface area contributed by atoms with Gasteiger partial charge in [0.15, 0.2) is 0 Å². The van der Waals surface area contributed by atoms with Crippen LogP contribution in [0.5, 0.6) is 0 Å². The van der Waals surface area contributed by atoms with Gasteiger partial charge in [0.1, 0.15) is 0 Å². The van der Waals surface area contributed by atoms with Gasteiger partial charge in [0.2, 0.25) is 0 Å². The molecule has 0 fully saturated rings. The number of nitrogens with zero attached hydrogens (tertiary/aromatic N) is 1. The summed E-state index contributed by atoms with van der Waals surface area (Å²) in [6.45, 7) is 4.10. The van der Waals surface area contributed by atoms with Crippen molar-refractivity contribution in [2.24, 2.45) is 0 Å². The third-order valence-electron chi connectivity index (χ3n) is 0.980. The molecule has 1 heterocycles. The summed E-state index contributed by atoms with van der Waals surface area (Å²) < 4.78 is 4.79. The Hall–Kier alpha value is 0.314. The summed E-state index contributed by atoms with van der Waals surface area (Å²) in [4.78, 5) is 0. The van der Waals surface area contributed by atoms with E-state index in [-0.39, 0.29) is 32.7 Å². The van der Waals surface area contributed by atoms with Crippen LogP contribution in [-0.4, -0.2) is 5.16 Å². The van der Waals surface area contributed by atoms with Crippen molar-refractivity contribution in [2.75, 3.05) is 0 Å². The van der Waals surface area contributed by atoms with Crippen molar-refractivity contribution in [3.8, 4) is 0 Å². The molecule has 1 aromatic heterocycles. The van der Waals surface area contributed by atoms with Gasteiger partial charge in [-0.1, -0.05) is 19.8 Å². The van der Waals surface area contributed by atoms with Crippen LogP contribution in [0.2, 0.25) is 0 Å². The first-order chi connectivity index (χ1) is 3.80. The van der Waals surface area contributed by atoms with Crippen LogP contribution < -0.4 is 0 Å². The van der Waals surface area contributed by atoms with Gasteiger partial charge < -0.3 is 4.52 Å². The second kappa shape index (κ2) is 4.18. The van der Waals surface area contributed by atoms with Gasteiger partial charge in [0, 0.05) is 32.7 Å².